The van der Waals surface area contributed by atoms with Crippen molar-refractivity contribution in [3.05, 3.63) is 0 Å². The summed E-state index contributed by atoms with van der Waals surface area (Å²) in [5.41, 5.74) is 0. The standard InChI is InChI=1S/C16H35N5O.HI/c1-7-17-16(18-13-15(22)20(5)6)19-14(4)11-10-12-21(8-2)9-3;/h14H,7-13H2,1-6H3,(H2,17,18,19);1H. The number of rotatable bonds is 10. The Morgan fingerprint density at radius 1 is 1.17 bits per heavy atom. The van der Waals surface area contributed by atoms with Crippen molar-refractivity contribution in [3.8, 4) is 0 Å². The molecular weight excluding hydrogens is 405 g/mol. The maximum absolute atomic E-state index is 11.6. The molecule has 1 amide bonds. The average Bonchev–Trinajstić information content (AvgIpc) is 2.49. The number of aliphatic imine (C=N–C) groups is 1. The molecular formula is C16H36IN5O. The summed E-state index contributed by atoms with van der Waals surface area (Å²) in [6.45, 7) is 12.9. The highest BCUT2D eigenvalue weighted by Gasteiger charge is 2.08. The molecule has 0 aromatic heterocycles. The van der Waals surface area contributed by atoms with Gasteiger partial charge >= 0.3 is 0 Å². The van der Waals surface area contributed by atoms with Crippen LogP contribution in [0.1, 0.15) is 40.5 Å². The normalized spacial score (nSPS) is 12.6. The highest BCUT2D eigenvalue weighted by atomic mass is 127. The zero-order valence-corrected chi connectivity index (χ0v) is 18.0. The number of guanidine groups is 1. The molecule has 0 fully saturated rings. The molecule has 0 rings (SSSR count). The second kappa shape index (κ2) is 15.0. The Morgan fingerprint density at radius 3 is 2.26 bits per heavy atom. The van der Waals surface area contributed by atoms with Crippen molar-refractivity contribution < 1.29 is 4.79 Å². The van der Waals surface area contributed by atoms with E-state index in [1.165, 1.54) is 0 Å². The first kappa shape index (κ1) is 24.7. The summed E-state index contributed by atoms with van der Waals surface area (Å²) in [5.74, 6) is 0.722. The van der Waals surface area contributed by atoms with E-state index in [0.717, 1.165) is 39.0 Å². The summed E-state index contributed by atoms with van der Waals surface area (Å²) < 4.78 is 0. The summed E-state index contributed by atoms with van der Waals surface area (Å²) in [5, 5.41) is 6.56. The van der Waals surface area contributed by atoms with Crippen LogP contribution in [-0.2, 0) is 4.79 Å². The SMILES string of the molecule is CCNC(=NCC(=O)N(C)C)NC(C)CCCN(CC)CC.I. The van der Waals surface area contributed by atoms with Gasteiger partial charge in [-0.1, -0.05) is 13.8 Å². The van der Waals surface area contributed by atoms with E-state index in [0.29, 0.717) is 12.0 Å². The molecule has 0 saturated heterocycles. The quantitative estimate of drug-likeness (QED) is 0.308. The van der Waals surface area contributed by atoms with Gasteiger partial charge in [0, 0.05) is 26.7 Å². The van der Waals surface area contributed by atoms with E-state index in [-0.39, 0.29) is 36.4 Å². The molecule has 0 saturated carbocycles. The van der Waals surface area contributed by atoms with Crippen LogP contribution in [0.4, 0.5) is 0 Å². The lowest BCUT2D eigenvalue weighted by Crippen LogP contribution is -2.43. The van der Waals surface area contributed by atoms with Gasteiger partial charge in [-0.05, 0) is 46.3 Å². The van der Waals surface area contributed by atoms with Crippen LogP contribution in [0.2, 0.25) is 0 Å². The molecule has 0 aliphatic rings. The third-order valence-electron chi connectivity index (χ3n) is 3.60. The van der Waals surface area contributed by atoms with Crippen LogP contribution in [-0.4, -0.2) is 74.5 Å². The fraction of sp³-hybridized carbons (Fsp3) is 0.875. The van der Waals surface area contributed by atoms with E-state index in [2.05, 4.69) is 41.3 Å². The minimum atomic E-state index is 0. The van der Waals surface area contributed by atoms with Gasteiger partial charge in [-0.25, -0.2) is 4.99 Å². The van der Waals surface area contributed by atoms with E-state index in [1.807, 2.05) is 6.92 Å². The van der Waals surface area contributed by atoms with Gasteiger partial charge in [0.25, 0.3) is 0 Å². The minimum absolute atomic E-state index is 0. The van der Waals surface area contributed by atoms with E-state index in [4.69, 9.17) is 0 Å². The zero-order valence-electron chi connectivity index (χ0n) is 15.7. The highest BCUT2D eigenvalue weighted by Crippen LogP contribution is 1.99. The third kappa shape index (κ3) is 12.5. The average molecular weight is 441 g/mol. The first-order chi connectivity index (χ1) is 10.4. The van der Waals surface area contributed by atoms with Crippen LogP contribution in [0.3, 0.4) is 0 Å². The summed E-state index contributed by atoms with van der Waals surface area (Å²) in [6, 6.07) is 0.336. The molecule has 0 spiro atoms. The van der Waals surface area contributed by atoms with E-state index >= 15 is 0 Å². The first-order valence-corrected chi connectivity index (χ1v) is 8.41. The fourth-order valence-corrected chi connectivity index (χ4v) is 2.07. The van der Waals surface area contributed by atoms with Crippen molar-refractivity contribution in [1.82, 2.24) is 20.4 Å². The van der Waals surface area contributed by atoms with E-state index < -0.39 is 0 Å². The lowest BCUT2D eigenvalue weighted by Gasteiger charge is -2.21. The van der Waals surface area contributed by atoms with Gasteiger partial charge < -0.3 is 20.4 Å². The van der Waals surface area contributed by atoms with Crippen molar-refractivity contribution >= 4 is 35.8 Å². The van der Waals surface area contributed by atoms with E-state index in [9.17, 15) is 4.79 Å². The Kier molecular flexibility index (Phi) is 16.1. The monoisotopic (exact) mass is 441 g/mol. The van der Waals surface area contributed by atoms with Crippen LogP contribution in [0.25, 0.3) is 0 Å². The van der Waals surface area contributed by atoms with Crippen LogP contribution in [0, 0.1) is 0 Å². The number of carbonyl (C=O) groups is 1. The number of nitrogens with zero attached hydrogens (tertiary/aromatic N) is 3. The number of halogens is 1. The molecule has 2 N–H and O–H groups in total. The predicted molar refractivity (Wildman–Crippen MR) is 110 cm³/mol. The molecule has 0 heterocycles. The maximum Gasteiger partial charge on any atom is 0.243 e. The number of nitrogens with one attached hydrogen (secondary N) is 2. The first-order valence-electron chi connectivity index (χ1n) is 8.41. The molecule has 1 atom stereocenters. The smallest absolute Gasteiger partial charge is 0.243 e. The van der Waals surface area contributed by atoms with Gasteiger partial charge in [0.2, 0.25) is 5.91 Å². The molecule has 0 bridgehead atoms. The Morgan fingerprint density at radius 2 is 1.78 bits per heavy atom. The largest absolute Gasteiger partial charge is 0.357 e. The van der Waals surface area contributed by atoms with Gasteiger partial charge in [-0.15, -0.1) is 24.0 Å². The number of hydrogen-bond acceptors (Lipinski definition) is 3. The molecule has 0 aromatic carbocycles. The summed E-state index contributed by atoms with van der Waals surface area (Å²) >= 11 is 0. The topological polar surface area (TPSA) is 60.0 Å². The van der Waals surface area contributed by atoms with Crippen LogP contribution < -0.4 is 10.6 Å². The molecule has 1 unspecified atom stereocenters. The Balaban J connectivity index is 0. The Labute approximate surface area is 159 Å². The molecule has 23 heavy (non-hydrogen) atoms. The number of hydrogen-bond donors (Lipinski definition) is 2. The van der Waals surface area contributed by atoms with Crippen molar-refractivity contribution in [2.75, 3.05) is 46.8 Å². The predicted octanol–water partition coefficient (Wildman–Crippen LogP) is 1.76. The van der Waals surface area contributed by atoms with Crippen molar-refractivity contribution in [2.45, 2.75) is 46.6 Å². The third-order valence-corrected chi connectivity index (χ3v) is 3.60. The Bertz CT molecular complexity index is 332. The highest BCUT2D eigenvalue weighted by molar-refractivity contribution is 14.0. The van der Waals surface area contributed by atoms with Gasteiger partial charge in [-0.2, -0.15) is 0 Å². The van der Waals surface area contributed by atoms with E-state index in [1.54, 1.807) is 19.0 Å². The number of amides is 1. The number of carbonyl (C=O) groups excluding carboxylic acids is 1. The van der Waals surface area contributed by atoms with Gasteiger partial charge in [0.15, 0.2) is 5.96 Å². The summed E-state index contributed by atoms with van der Waals surface area (Å²) in [4.78, 5) is 19.9. The lowest BCUT2D eigenvalue weighted by atomic mass is 10.2. The minimum Gasteiger partial charge on any atom is -0.357 e. The molecule has 0 aliphatic heterocycles. The van der Waals surface area contributed by atoms with Crippen LogP contribution in [0.15, 0.2) is 4.99 Å². The maximum atomic E-state index is 11.6. The molecule has 0 radical (unpaired) electrons. The molecule has 138 valence electrons. The van der Waals surface area contributed by atoms with Crippen LogP contribution in [0.5, 0.6) is 0 Å². The van der Waals surface area contributed by atoms with Crippen molar-refractivity contribution in [1.29, 1.82) is 0 Å². The second-order valence-electron chi connectivity index (χ2n) is 5.70. The number of likely N-dealkylation sites (N-methyl/N-ethyl adjacent to an activating group) is 1. The van der Waals surface area contributed by atoms with Crippen molar-refractivity contribution in [3.63, 3.8) is 0 Å². The summed E-state index contributed by atoms with van der Waals surface area (Å²) in [6.07, 6.45) is 2.24. The lowest BCUT2D eigenvalue weighted by molar-refractivity contribution is -0.127. The van der Waals surface area contributed by atoms with Crippen LogP contribution >= 0.6 is 24.0 Å². The zero-order chi connectivity index (χ0) is 17.0. The van der Waals surface area contributed by atoms with Gasteiger partial charge in [-0.3, -0.25) is 4.79 Å². The Hall–Kier alpha value is -0.570. The molecule has 0 aromatic rings. The van der Waals surface area contributed by atoms with Crippen molar-refractivity contribution in [2.24, 2.45) is 4.99 Å². The fourth-order valence-electron chi connectivity index (χ4n) is 2.07. The molecule has 6 nitrogen and oxygen atoms in total. The molecule has 0 aliphatic carbocycles. The second-order valence-corrected chi connectivity index (χ2v) is 5.70. The summed E-state index contributed by atoms with van der Waals surface area (Å²) in [7, 11) is 3.49. The van der Waals surface area contributed by atoms with Gasteiger partial charge in [0.1, 0.15) is 6.54 Å². The molecule has 7 heteroatoms. The van der Waals surface area contributed by atoms with Gasteiger partial charge in [0.05, 0.1) is 0 Å².